The zero-order chi connectivity index (χ0) is 10.1. The Bertz CT molecular complexity index is 499. The smallest absolute Gasteiger partial charge is 0.401 e. The molecule has 0 unspecified atom stereocenters. The van der Waals surface area contributed by atoms with Gasteiger partial charge in [-0.05, 0) is 12.1 Å². The number of aliphatic imine (C=N–C) groups is 1. The molecule has 1 aliphatic rings. The van der Waals surface area contributed by atoms with E-state index < -0.39 is 5.97 Å². The molecule has 68 valence electrons. The normalized spacial score (nSPS) is 13.1. The Morgan fingerprint density at radius 2 is 2.14 bits per heavy atom. The molecule has 1 aromatic rings. The summed E-state index contributed by atoms with van der Waals surface area (Å²) in [5.41, 5.74) is 7.72. The maximum Gasteiger partial charge on any atom is 0.401 e. The molecule has 0 fully saturated rings. The van der Waals surface area contributed by atoms with Crippen molar-refractivity contribution in [1.29, 1.82) is 5.53 Å². The summed E-state index contributed by atoms with van der Waals surface area (Å²) in [5, 5.41) is 10.6. The third kappa shape index (κ3) is 1.04. The molecule has 1 aliphatic heterocycles. The summed E-state index contributed by atoms with van der Waals surface area (Å²) in [4.78, 5) is 17.6. The second-order valence-electron chi connectivity index (χ2n) is 2.73. The molecule has 1 heterocycles. The quantitative estimate of drug-likeness (QED) is 0.476. The van der Waals surface area contributed by atoms with Crippen molar-refractivity contribution in [3.05, 3.63) is 29.8 Å². The van der Waals surface area contributed by atoms with Crippen LogP contribution in [0.25, 0.3) is 0 Å². The van der Waals surface area contributed by atoms with Crippen LogP contribution in [0, 0.1) is 5.53 Å². The Morgan fingerprint density at radius 3 is 2.79 bits per heavy atom. The molecule has 0 aromatic heterocycles. The van der Waals surface area contributed by atoms with Gasteiger partial charge >= 0.3 is 5.71 Å². The first-order valence-corrected chi connectivity index (χ1v) is 3.88. The van der Waals surface area contributed by atoms with Gasteiger partial charge in [0.1, 0.15) is 0 Å². The van der Waals surface area contributed by atoms with Crippen LogP contribution in [0.4, 0.5) is 5.69 Å². The highest BCUT2D eigenvalue weighted by atomic mass is 16.4. The summed E-state index contributed by atoms with van der Waals surface area (Å²) in [6.07, 6.45) is 0. The lowest BCUT2D eigenvalue weighted by atomic mass is 10.1. The molecule has 0 atom stereocenters. The molecule has 0 saturated carbocycles. The van der Waals surface area contributed by atoms with Crippen LogP contribution in [-0.2, 0) is 4.79 Å². The van der Waals surface area contributed by atoms with E-state index in [1.54, 1.807) is 24.3 Å². The van der Waals surface area contributed by atoms with Gasteiger partial charge in [-0.3, -0.25) is 0 Å². The Labute approximate surface area is 79.0 Å². The van der Waals surface area contributed by atoms with Gasteiger partial charge in [0.2, 0.25) is 0 Å². The number of rotatable bonds is 1. The Morgan fingerprint density at radius 1 is 1.43 bits per heavy atom. The summed E-state index contributed by atoms with van der Waals surface area (Å²) < 4.78 is 0. The number of hydrogen-bond donors (Lipinski definition) is 1. The van der Waals surface area contributed by atoms with E-state index in [4.69, 9.17) is 5.53 Å². The number of carbonyl (C=O) groups excluding carboxylic acids is 1. The number of nitrogens with zero attached hydrogens (tertiary/aromatic N) is 2. The predicted molar refractivity (Wildman–Crippen MR) is 45.6 cm³/mol. The van der Waals surface area contributed by atoms with E-state index in [2.05, 4.69) is 9.78 Å². The van der Waals surface area contributed by atoms with Crippen LogP contribution in [0.1, 0.15) is 5.56 Å². The lowest BCUT2D eigenvalue weighted by molar-refractivity contribution is -0.293. The second kappa shape index (κ2) is 2.90. The van der Waals surface area contributed by atoms with Gasteiger partial charge < -0.3 is 9.90 Å². The number of hydrogen-bond acceptors (Lipinski definition) is 4. The number of carboxylic acids is 1. The van der Waals surface area contributed by atoms with Gasteiger partial charge in [0.25, 0.3) is 0 Å². The Hall–Kier alpha value is -2.26. The van der Waals surface area contributed by atoms with Crippen LogP contribution in [-0.4, -0.2) is 22.2 Å². The highest BCUT2D eigenvalue weighted by Crippen LogP contribution is 2.25. The SMILES string of the molecule is N=[N+]=C1C(C(=O)[O-])=Nc2ccccc21. The van der Waals surface area contributed by atoms with Gasteiger partial charge in [0.05, 0.1) is 27.5 Å². The largest absolute Gasteiger partial charge is 0.543 e. The minimum Gasteiger partial charge on any atom is -0.543 e. The van der Waals surface area contributed by atoms with Gasteiger partial charge in [-0.25, -0.2) is 4.99 Å². The average Bonchev–Trinajstić information content (AvgIpc) is 2.56. The summed E-state index contributed by atoms with van der Waals surface area (Å²) in [6, 6.07) is 6.80. The molecule has 14 heavy (non-hydrogen) atoms. The van der Waals surface area contributed by atoms with Gasteiger partial charge in [0, 0.05) is 0 Å². The summed E-state index contributed by atoms with van der Waals surface area (Å²) in [7, 11) is 0. The van der Waals surface area contributed by atoms with Gasteiger partial charge in [-0.15, -0.1) is 0 Å². The Kier molecular flexibility index (Phi) is 1.73. The first-order valence-electron chi connectivity index (χ1n) is 3.88. The van der Waals surface area contributed by atoms with Crippen LogP contribution in [0.2, 0.25) is 0 Å². The molecule has 2 rings (SSSR count). The van der Waals surface area contributed by atoms with Crippen molar-refractivity contribution < 1.29 is 14.7 Å². The fraction of sp³-hybridized carbons (Fsp3) is 0. The first kappa shape index (κ1) is 8.34. The number of nitrogens with one attached hydrogen (secondary N) is 1. The molecule has 0 amide bonds. The molecule has 5 nitrogen and oxygen atoms in total. The van der Waals surface area contributed by atoms with Gasteiger partial charge in [-0.1, -0.05) is 12.1 Å². The fourth-order valence-corrected chi connectivity index (χ4v) is 1.33. The minimum absolute atomic E-state index is 0.0561. The van der Waals surface area contributed by atoms with Crippen LogP contribution >= 0.6 is 0 Å². The van der Waals surface area contributed by atoms with Crippen LogP contribution in [0.3, 0.4) is 0 Å². The topological polar surface area (TPSA) is 90.4 Å². The number of aliphatic carboxylic acids is 1. The number of carbonyl (C=O) groups is 1. The zero-order valence-electron chi connectivity index (χ0n) is 7.02. The van der Waals surface area contributed by atoms with Crippen molar-refractivity contribution in [3.63, 3.8) is 0 Å². The van der Waals surface area contributed by atoms with E-state index in [0.29, 0.717) is 11.3 Å². The van der Waals surface area contributed by atoms with Crippen LogP contribution in [0.5, 0.6) is 0 Å². The number of benzene rings is 1. The molecule has 0 bridgehead atoms. The van der Waals surface area contributed by atoms with Crippen molar-refractivity contribution >= 4 is 23.1 Å². The summed E-state index contributed by atoms with van der Waals surface area (Å²) in [5.74, 6) is -1.41. The highest BCUT2D eigenvalue weighted by Gasteiger charge is 2.32. The average molecular weight is 187 g/mol. The van der Waals surface area contributed by atoms with Crippen molar-refractivity contribution in [1.82, 2.24) is 0 Å². The maximum atomic E-state index is 10.6. The lowest BCUT2D eigenvalue weighted by Gasteiger charge is -1.92. The molecule has 0 saturated heterocycles. The fourth-order valence-electron chi connectivity index (χ4n) is 1.33. The van der Waals surface area contributed by atoms with E-state index in [9.17, 15) is 9.90 Å². The number of para-hydroxylation sites is 1. The first-order chi connectivity index (χ1) is 6.74. The lowest BCUT2D eigenvalue weighted by Crippen LogP contribution is -2.35. The van der Waals surface area contributed by atoms with Crippen LogP contribution in [0.15, 0.2) is 29.3 Å². The molecule has 0 spiro atoms. The standard InChI is InChI=1S/C9H5N3O2/c10-12-7-5-3-1-2-4-6(5)11-8(7)9(13)14/h1-4,10H. The Balaban J connectivity index is 2.67. The maximum absolute atomic E-state index is 10.6. The van der Waals surface area contributed by atoms with E-state index in [1.165, 1.54) is 0 Å². The highest BCUT2D eigenvalue weighted by molar-refractivity contribution is 6.69. The molecule has 0 aliphatic carbocycles. The number of fused-ring (bicyclic) bond motifs is 1. The molecular formula is C9H5N3O2. The second-order valence-corrected chi connectivity index (χ2v) is 2.73. The van der Waals surface area contributed by atoms with Crippen LogP contribution < -0.4 is 5.11 Å². The third-order valence-electron chi connectivity index (χ3n) is 1.92. The van der Waals surface area contributed by atoms with E-state index in [1.807, 2.05) is 0 Å². The molecular weight excluding hydrogens is 182 g/mol. The number of carboxylic acid groups (broad SMARTS) is 1. The molecule has 1 aromatic carbocycles. The van der Waals surface area contributed by atoms with Crippen molar-refractivity contribution in [2.75, 3.05) is 0 Å². The van der Waals surface area contributed by atoms with E-state index >= 15 is 0 Å². The molecule has 5 heteroatoms. The predicted octanol–water partition coefficient (Wildman–Crippen LogP) is -0.449. The van der Waals surface area contributed by atoms with E-state index in [0.717, 1.165) is 0 Å². The minimum atomic E-state index is -1.41. The van der Waals surface area contributed by atoms with Gasteiger partial charge in [0.15, 0.2) is 5.71 Å². The van der Waals surface area contributed by atoms with Crippen molar-refractivity contribution in [2.45, 2.75) is 0 Å². The third-order valence-corrected chi connectivity index (χ3v) is 1.92. The van der Waals surface area contributed by atoms with Crippen molar-refractivity contribution in [3.8, 4) is 0 Å². The summed E-state index contributed by atoms with van der Waals surface area (Å²) in [6.45, 7) is 0. The zero-order valence-corrected chi connectivity index (χ0v) is 7.02. The summed E-state index contributed by atoms with van der Waals surface area (Å²) >= 11 is 0. The van der Waals surface area contributed by atoms with Gasteiger partial charge in [-0.2, -0.15) is 0 Å². The molecule has 1 N–H and O–H groups in total. The van der Waals surface area contributed by atoms with Crippen molar-refractivity contribution in [2.24, 2.45) is 4.99 Å². The van der Waals surface area contributed by atoms with E-state index in [-0.39, 0.29) is 11.4 Å². The monoisotopic (exact) mass is 187 g/mol. The molecule has 0 radical (unpaired) electrons.